The highest BCUT2D eigenvalue weighted by Crippen LogP contribution is 2.28. The molecule has 1 aromatic carbocycles. The topological polar surface area (TPSA) is 32.3 Å². The minimum atomic E-state index is -0.366. The van der Waals surface area contributed by atoms with Crippen LogP contribution in [-0.4, -0.2) is 17.7 Å². The van der Waals surface area contributed by atoms with Crippen molar-refractivity contribution in [3.8, 4) is 0 Å². The number of aliphatic hydroxyl groups is 1. The molecule has 108 valence electrons. The number of benzene rings is 1. The van der Waals surface area contributed by atoms with E-state index in [1.54, 1.807) is 0 Å². The van der Waals surface area contributed by atoms with Gasteiger partial charge < -0.3 is 10.4 Å². The lowest BCUT2D eigenvalue weighted by Crippen LogP contribution is -2.27. The van der Waals surface area contributed by atoms with Gasteiger partial charge in [0.1, 0.15) is 0 Å². The van der Waals surface area contributed by atoms with Gasteiger partial charge in [-0.1, -0.05) is 13.0 Å². The zero-order valence-corrected chi connectivity index (χ0v) is 13.3. The summed E-state index contributed by atoms with van der Waals surface area (Å²) < 4.78 is 0. The van der Waals surface area contributed by atoms with E-state index in [4.69, 9.17) is 0 Å². The summed E-state index contributed by atoms with van der Waals surface area (Å²) in [4.78, 5) is 0. The predicted octanol–water partition coefficient (Wildman–Crippen LogP) is 3.73. The SMILES string of the molecule is CCC(C)NCCC(O)c1c(C)c(C)cc(C)c1C. The fourth-order valence-electron chi connectivity index (χ4n) is 2.50. The van der Waals surface area contributed by atoms with Crippen molar-refractivity contribution in [2.45, 2.75) is 66.5 Å². The number of rotatable bonds is 6. The van der Waals surface area contributed by atoms with Gasteiger partial charge >= 0.3 is 0 Å². The van der Waals surface area contributed by atoms with Crippen molar-refractivity contribution in [2.24, 2.45) is 0 Å². The van der Waals surface area contributed by atoms with Gasteiger partial charge in [-0.3, -0.25) is 0 Å². The van der Waals surface area contributed by atoms with Crippen molar-refractivity contribution < 1.29 is 5.11 Å². The molecule has 2 nitrogen and oxygen atoms in total. The van der Waals surface area contributed by atoms with E-state index in [1.165, 1.54) is 22.3 Å². The molecule has 0 spiro atoms. The maximum absolute atomic E-state index is 10.5. The van der Waals surface area contributed by atoms with Crippen LogP contribution >= 0.6 is 0 Å². The number of aliphatic hydroxyl groups excluding tert-OH is 1. The molecule has 0 saturated carbocycles. The molecule has 0 aliphatic carbocycles. The minimum absolute atomic E-state index is 0.366. The van der Waals surface area contributed by atoms with E-state index in [2.05, 4.69) is 52.9 Å². The van der Waals surface area contributed by atoms with Crippen molar-refractivity contribution >= 4 is 0 Å². The lowest BCUT2D eigenvalue weighted by molar-refractivity contribution is 0.164. The van der Waals surface area contributed by atoms with E-state index in [9.17, 15) is 5.11 Å². The first-order valence-electron chi connectivity index (χ1n) is 7.37. The summed E-state index contributed by atoms with van der Waals surface area (Å²) in [6.07, 6.45) is 1.53. The Balaban J connectivity index is 2.79. The third-order valence-corrected chi connectivity index (χ3v) is 4.28. The van der Waals surface area contributed by atoms with E-state index in [0.717, 1.165) is 24.9 Å². The normalized spacial score (nSPS) is 14.5. The van der Waals surface area contributed by atoms with Crippen LogP contribution < -0.4 is 5.32 Å². The highest BCUT2D eigenvalue weighted by Gasteiger charge is 2.16. The Bertz CT molecular complexity index is 400. The van der Waals surface area contributed by atoms with Crippen molar-refractivity contribution in [3.05, 3.63) is 33.9 Å². The van der Waals surface area contributed by atoms with Crippen LogP contribution in [-0.2, 0) is 0 Å². The number of nitrogens with one attached hydrogen (secondary N) is 1. The highest BCUT2D eigenvalue weighted by molar-refractivity contribution is 5.45. The summed E-state index contributed by atoms with van der Waals surface area (Å²) in [5.74, 6) is 0. The fourth-order valence-corrected chi connectivity index (χ4v) is 2.50. The van der Waals surface area contributed by atoms with Crippen LogP contribution in [0.5, 0.6) is 0 Å². The number of hydrogen-bond donors (Lipinski definition) is 2. The average Bonchev–Trinajstić information content (AvgIpc) is 2.36. The Hall–Kier alpha value is -0.860. The highest BCUT2D eigenvalue weighted by atomic mass is 16.3. The molecular formula is C17H29NO. The molecular weight excluding hydrogens is 234 g/mol. The zero-order valence-electron chi connectivity index (χ0n) is 13.3. The molecule has 1 aromatic rings. The summed E-state index contributed by atoms with van der Waals surface area (Å²) in [6, 6.07) is 2.73. The van der Waals surface area contributed by atoms with Crippen LogP contribution in [0.15, 0.2) is 6.07 Å². The molecule has 2 atom stereocenters. The van der Waals surface area contributed by atoms with E-state index in [-0.39, 0.29) is 6.10 Å². The van der Waals surface area contributed by atoms with Crippen molar-refractivity contribution in [1.82, 2.24) is 5.32 Å². The second kappa shape index (κ2) is 7.06. The summed E-state index contributed by atoms with van der Waals surface area (Å²) >= 11 is 0. The smallest absolute Gasteiger partial charge is 0.0807 e. The van der Waals surface area contributed by atoms with Crippen LogP contribution in [0.25, 0.3) is 0 Å². The van der Waals surface area contributed by atoms with Gasteiger partial charge in [0.15, 0.2) is 0 Å². The predicted molar refractivity (Wildman–Crippen MR) is 82.7 cm³/mol. The molecule has 2 unspecified atom stereocenters. The van der Waals surface area contributed by atoms with Crippen molar-refractivity contribution in [1.29, 1.82) is 0 Å². The molecule has 0 fully saturated rings. The maximum Gasteiger partial charge on any atom is 0.0807 e. The molecule has 1 rings (SSSR count). The third kappa shape index (κ3) is 4.05. The summed E-state index contributed by atoms with van der Waals surface area (Å²) in [6.45, 7) is 13.7. The standard InChI is InChI=1S/C17H29NO/c1-7-13(4)18-9-8-16(19)17-14(5)11(2)10-12(3)15(17)6/h10,13,16,18-19H,7-9H2,1-6H3. The number of aryl methyl sites for hydroxylation is 2. The first kappa shape index (κ1) is 16.2. The fraction of sp³-hybridized carbons (Fsp3) is 0.647. The molecule has 0 amide bonds. The second-order valence-corrected chi connectivity index (χ2v) is 5.74. The van der Waals surface area contributed by atoms with E-state index >= 15 is 0 Å². The molecule has 0 bridgehead atoms. The van der Waals surface area contributed by atoms with Gasteiger partial charge in [-0.2, -0.15) is 0 Å². The number of hydrogen-bond acceptors (Lipinski definition) is 2. The van der Waals surface area contributed by atoms with Gasteiger partial charge in [-0.15, -0.1) is 0 Å². The van der Waals surface area contributed by atoms with Gasteiger partial charge in [0.2, 0.25) is 0 Å². The van der Waals surface area contributed by atoms with Crippen molar-refractivity contribution in [2.75, 3.05) is 6.54 Å². The van der Waals surface area contributed by atoms with Crippen LogP contribution in [0.3, 0.4) is 0 Å². The third-order valence-electron chi connectivity index (χ3n) is 4.28. The molecule has 19 heavy (non-hydrogen) atoms. The summed E-state index contributed by atoms with van der Waals surface area (Å²) in [5.41, 5.74) is 6.14. The van der Waals surface area contributed by atoms with Crippen LogP contribution in [0.4, 0.5) is 0 Å². The molecule has 0 saturated heterocycles. The second-order valence-electron chi connectivity index (χ2n) is 5.74. The Morgan fingerprint density at radius 3 is 2.11 bits per heavy atom. The van der Waals surface area contributed by atoms with Crippen molar-refractivity contribution in [3.63, 3.8) is 0 Å². The largest absolute Gasteiger partial charge is 0.388 e. The zero-order chi connectivity index (χ0) is 14.6. The maximum atomic E-state index is 10.5. The lowest BCUT2D eigenvalue weighted by Gasteiger charge is -2.21. The van der Waals surface area contributed by atoms with Gasteiger partial charge in [-0.25, -0.2) is 0 Å². The Morgan fingerprint density at radius 2 is 1.63 bits per heavy atom. The monoisotopic (exact) mass is 263 g/mol. The van der Waals surface area contributed by atoms with Gasteiger partial charge in [0.25, 0.3) is 0 Å². The Morgan fingerprint density at radius 1 is 1.11 bits per heavy atom. The van der Waals surface area contributed by atoms with Gasteiger partial charge in [0, 0.05) is 6.04 Å². The lowest BCUT2D eigenvalue weighted by atomic mass is 9.90. The average molecular weight is 263 g/mol. The Labute approximate surface area is 118 Å². The van der Waals surface area contributed by atoms with Crippen LogP contribution in [0.1, 0.15) is 60.6 Å². The first-order chi connectivity index (χ1) is 8.88. The van der Waals surface area contributed by atoms with Gasteiger partial charge in [-0.05, 0) is 81.8 Å². The summed E-state index contributed by atoms with van der Waals surface area (Å²) in [7, 11) is 0. The first-order valence-corrected chi connectivity index (χ1v) is 7.37. The minimum Gasteiger partial charge on any atom is -0.388 e. The van der Waals surface area contributed by atoms with E-state index in [1.807, 2.05) is 0 Å². The van der Waals surface area contributed by atoms with Gasteiger partial charge in [0.05, 0.1) is 6.10 Å². The molecule has 0 aliphatic heterocycles. The molecule has 0 radical (unpaired) electrons. The quantitative estimate of drug-likeness (QED) is 0.819. The Kier molecular flexibility index (Phi) is 6.02. The molecule has 2 heteroatoms. The molecule has 2 N–H and O–H groups in total. The van der Waals surface area contributed by atoms with E-state index < -0.39 is 0 Å². The molecule has 0 aliphatic rings. The van der Waals surface area contributed by atoms with Crippen LogP contribution in [0.2, 0.25) is 0 Å². The molecule has 0 heterocycles. The van der Waals surface area contributed by atoms with Crippen LogP contribution in [0, 0.1) is 27.7 Å². The van der Waals surface area contributed by atoms with E-state index in [0.29, 0.717) is 6.04 Å². The molecule has 0 aromatic heterocycles. The summed E-state index contributed by atoms with van der Waals surface area (Å²) in [5, 5.41) is 13.9.